The normalized spacial score (nSPS) is 20.3. The third-order valence-electron chi connectivity index (χ3n) is 5.67. The monoisotopic (exact) mass is 427 g/mol. The van der Waals surface area contributed by atoms with Gasteiger partial charge < -0.3 is 11.1 Å². The summed E-state index contributed by atoms with van der Waals surface area (Å²) in [7, 11) is 0. The van der Waals surface area contributed by atoms with Gasteiger partial charge in [0.2, 0.25) is 17.7 Å². The van der Waals surface area contributed by atoms with Crippen molar-refractivity contribution in [2.24, 2.45) is 5.73 Å². The Labute approximate surface area is 171 Å². The molecule has 0 bridgehead atoms. The number of benzene rings is 1. The van der Waals surface area contributed by atoms with Crippen molar-refractivity contribution < 1.29 is 27.6 Å². The summed E-state index contributed by atoms with van der Waals surface area (Å²) in [5.41, 5.74) is 4.64. The SMILES string of the molecule is C[C@H](C(N)=O)N1CCN([C@H](C)C(=O)N2CC(=O)Nc3cc(C(F)(F)F)ccc32)CC1. The predicted molar refractivity (Wildman–Crippen MR) is 104 cm³/mol. The largest absolute Gasteiger partial charge is 0.416 e. The molecule has 0 radical (unpaired) electrons. The van der Waals surface area contributed by atoms with E-state index in [1.165, 1.54) is 11.0 Å². The zero-order chi connectivity index (χ0) is 22.2. The molecule has 1 saturated heterocycles. The fraction of sp³-hybridized carbons (Fsp3) is 0.526. The standard InChI is InChI=1S/C19H24F3N5O3/c1-11(17(23)29)25-5-7-26(8-6-25)12(2)18(30)27-10-16(28)24-14-9-13(19(20,21)22)3-4-15(14)27/h3-4,9,11-12H,5-8,10H2,1-2H3,(H2,23,29)(H,24,28)/t11-,12-/m1/s1. The van der Waals surface area contributed by atoms with Crippen molar-refractivity contribution in [3.05, 3.63) is 23.8 Å². The predicted octanol–water partition coefficient (Wildman–Crippen LogP) is 0.870. The fourth-order valence-corrected chi connectivity index (χ4v) is 3.74. The van der Waals surface area contributed by atoms with Gasteiger partial charge in [0.1, 0.15) is 6.54 Å². The van der Waals surface area contributed by atoms with Crippen LogP contribution in [0.25, 0.3) is 0 Å². The highest BCUT2D eigenvalue weighted by molar-refractivity contribution is 6.11. The molecule has 0 unspecified atom stereocenters. The molecule has 1 aromatic rings. The van der Waals surface area contributed by atoms with E-state index in [1.807, 2.05) is 9.80 Å². The van der Waals surface area contributed by atoms with Crippen LogP contribution in [-0.4, -0.2) is 72.3 Å². The number of hydrogen-bond acceptors (Lipinski definition) is 5. The first-order valence-electron chi connectivity index (χ1n) is 9.59. The van der Waals surface area contributed by atoms with Crippen LogP contribution in [0.2, 0.25) is 0 Å². The molecule has 2 heterocycles. The number of rotatable bonds is 4. The summed E-state index contributed by atoms with van der Waals surface area (Å²) in [6.45, 7) is 5.30. The topological polar surface area (TPSA) is 99.0 Å². The van der Waals surface area contributed by atoms with Gasteiger partial charge in [0.25, 0.3) is 0 Å². The average Bonchev–Trinajstić information content (AvgIpc) is 2.70. The Kier molecular flexibility index (Phi) is 6.04. The summed E-state index contributed by atoms with van der Waals surface area (Å²) in [6.07, 6.45) is -4.55. The molecule has 3 N–H and O–H groups in total. The van der Waals surface area contributed by atoms with E-state index in [-0.39, 0.29) is 23.8 Å². The number of nitrogens with two attached hydrogens (primary N) is 1. The van der Waals surface area contributed by atoms with Crippen molar-refractivity contribution in [1.82, 2.24) is 9.80 Å². The second kappa shape index (κ2) is 8.23. The van der Waals surface area contributed by atoms with Crippen LogP contribution in [0.15, 0.2) is 18.2 Å². The molecule has 1 aromatic carbocycles. The van der Waals surface area contributed by atoms with Crippen molar-refractivity contribution in [3.63, 3.8) is 0 Å². The van der Waals surface area contributed by atoms with E-state index < -0.39 is 35.6 Å². The van der Waals surface area contributed by atoms with Crippen LogP contribution in [0.4, 0.5) is 24.5 Å². The Morgan fingerprint density at radius 2 is 1.63 bits per heavy atom. The molecule has 8 nitrogen and oxygen atoms in total. The van der Waals surface area contributed by atoms with Crippen molar-refractivity contribution in [3.8, 4) is 0 Å². The number of carbonyl (C=O) groups excluding carboxylic acids is 3. The van der Waals surface area contributed by atoms with Gasteiger partial charge in [-0.05, 0) is 32.0 Å². The minimum Gasteiger partial charge on any atom is -0.368 e. The fourth-order valence-electron chi connectivity index (χ4n) is 3.74. The van der Waals surface area contributed by atoms with Crippen LogP contribution >= 0.6 is 0 Å². The Hall–Kier alpha value is -2.66. The van der Waals surface area contributed by atoms with Gasteiger partial charge in [-0.15, -0.1) is 0 Å². The van der Waals surface area contributed by atoms with Gasteiger partial charge in [-0.2, -0.15) is 13.2 Å². The first-order valence-corrected chi connectivity index (χ1v) is 9.59. The number of primary amides is 1. The Morgan fingerprint density at radius 1 is 1.07 bits per heavy atom. The lowest BCUT2D eigenvalue weighted by atomic mass is 10.1. The molecular weight excluding hydrogens is 403 g/mol. The summed E-state index contributed by atoms with van der Waals surface area (Å²) < 4.78 is 39.0. The molecule has 0 aromatic heterocycles. The van der Waals surface area contributed by atoms with Gasteiger partial charge >= 0.3 is 6.18 Å². The molecule has 0 spiro atoms. The number of halogens is 3. The van der Waals surface area contributed by atoms with Gasteiger partial charge in [0, 0.05) is 26.2 Å². The van der Waals surface area contributed by atoms with E-state index in [0.29, 0.717) is 26.2 Å². The number of alkyl halides is 3. The lowest BCUT2D eigenvalue weighted by Crippen LogP contribution is -2.58. The Morgan fingerprint density at radius 3 is 2.17 bits per heavy atom. The molecule has 3 amide bonds. The summed E-state index contributed by atoms with van der Waals surface area (Å²) in [4.78, 5) is 41.6. The van der Waals surface area contributed by atoms with E-state index in [4.69, 9.17) is 5.73 Å². The number of anilines is 2. The highest BCUT2D eigenvalue weighted by Crippen LogP contribution is 2.37. The smallest absolute Gasteiger partial charge is 0.368 e. The molecule has 11 heteroatoms. The summed E-state index contributed by atoms with van der Waals surface area (Å²) in [5.74, 6) is -1.34. The van der Waals surface area contributed by atoms with Crippen molar-refractivity contribution >= 4 is 29.1 Å². The van der Waals surface area contributed by atoms with Crippen molar-refractivity contribution in [2.45, 2.75) is 32.1 Å². The first kappa shape index (κ1) is 22.0. The minimum absolute atomic E-state index is 0.0401. The van der Waals surface area contributed by atoms with Crippen LogP contribution < -0.4 is 16.0 Å². The Balaban J connectivity index is 1.74. The maximum absolute atomic E-state index is 13.1. The number of fused-ring (bicyclic) bond motifs is 1. The number of hydrogen-bond donors (Lipinski definition) is 2. The first-order chi connectivity index (χ1) is 14.0. The molecule has 2 atom stereocenters. The average molecular weight is 427 g/mol. The number of carbonyl (C=O) groups is 3. The van der Waals surface area contributed by atoms with Gasteiger partial charge in [0.15, 0.2) is 0 Å². The van der Waals surface area contributed by atoms with Gasteiger partial charge in [-0.1, -0.05) is 0 Å². The van der Waals surface area contributed by atoms with E-state index in [0.717, 1.165) is 12.1 Å². The third kappa shape index (κ3) is 4.41. The quantitative estimate of drug-likeness (QED) is 0.743. The van der Waals surface area contributed by atoms with Gasteiger partial charge in [0.05, 0.1) is 29.0 Å². The highest BCUT2D eigenvalue weighted by atomic mass is 19.4. The number of amides is 3. The van der Waals surface area contributed by atoms with E-state index in [2.05, 4.69) is 5.32 Å². The zero-order valence-electron chi connectivity index (χ0n) is 16.7. The van der Waals surface area contributed by atoms with Crippen LogP contribution in [0.5, 0.6) is 0 Å². The lowest BCUT2D eigenvalue weighted by Gasteiger charge is -2.41. The lowest BCUT2D eigenvalue weighted by molar-refractivity contribution is -0.137. The van der Waals surface area contributed by atoms with Crippen LogP contribution in [0, 0.1) is 0 Å². The van der Waals surface area contributed by atoms with Crippen molar-refractivity contribution in [2.75, 3.05) is 42.9 Å². The number of piperazine rings is 1. The minimum atomic E-state index is -4.55. The molecule has 2 aliphatic rings. The third-order valence-corrected chi connectivity index (χ3v) is 5.67. The molecule has 164 valence electrons. The van der Waals surface area contributed by atoms with Crippen LogP contribution in [0.1, 0.15) is 19.4 Å². The maximum atomic E-state index is 13.1. The molecule has 3 rings (SSSR count). The molecule has 30 heavy (non-hydrogen) atoms. The summed E-state index contributed by atoms with van der Waals surface area (Å²) >= 11 is 0. The van der Waals surface area contributed by atoms with E-state index in [1.54, 1.807) is 13.8 Å². The van der Waals surface area contributed by atoms with Crippen LogP contribution in [0.3, 0.4) is 0 Å². The Bertz CT molecular complexity index is 852. The number of nitrogens with one attached hydrogen (secondary N) is 1. The molecule has 2 aliphatic heterocycles. The second-order valence-corrected chi connectivity index (χ2v) is 7.53. The van der Waals surface area contributed by atoms with Gasteiger partial charge in [-0.25, -0.2) is 0 Å². The van der Waals surface area contributed by atoms with E-state index in [9.17, 15) is 27.6 Å². The van der Waals surface area contributed by atoms with Crippen LogP contribution in [-0.2, 0) is 20.6 Å². The summed E-state index contributed by atoms with van der Waals surface area (Å²) in [5, 5.41) is 2.41. The molecule has 0 aliphatic carbocycles. The van der Waals surface area contributed by atoms with E-state index >= 15 is 0 Å². The highest BCUT2D eigenvalue weighted by Gasteiger charge is 2.37. The molecular formula is C19H24F3N5O3. The molecule has 1 fully saturated rings. The maximum Gasteiger partial charge on any atom is 0.416 e. The second-order valence-electron chi connectivity index (χ2n) is 7.53. The van der Waals surface area contributed by atoms with Gasteiger partial charge in [-0.3, -0.25) is 29.1 Å². The van der Waals surface area contributed by atoms with Crippen molar-refractivity contribution in [1.29, 1.82) is 0 Å². The summed E-state index contributed by atoms with van der Waals surface area (Å²) in [6, 6.07) is 1.94. The molecule has 0 saturated carbocycles. The number of nitrogens with zero attached hydrogens (tertiary/aromatic N) is 3. The zero-order valence-corrected chi connectivity index (χ0v) is 16.7.